The maximum absolute atomic E-state index is 11.1. The Labute approximate surface area is 109 Å². The van der Waals surface area contributed by atoms with E-state index in [0.29, 0.717) is 23.6 Å². The van der Waals surface area contributed by atoms with Crippen molar-refractivity contribution in [2.75, 3.05) is 13.2 Å². The number of hydrogen-bond acceptors (Lipinski definition) is 3. The third kappa shape index (κ3) is 3.85. The van der Waals surface area contributed by atoms with E-state index in [-0.39, 0.29) is 11.6 Å². The lowest BCUT2D eigenvalue weighted by molar-refractivity contribution is -0.139. The Morgan fingerprint density at radius 3 is 2.71 bits per heavy atom. The molecule has 0 heterocycles. The SMILES string of the molecule is O=C(O)C(NCCCO)c1cccc(Cl)c1Cl. The molecule has 0 radical (unpaired) electrons. The van der Waals surface area contributed by atoms with Crippen LogP contribution in [0, 0.1) is 0 Å². The number of nitrogens with one attached hydrogen (secondary N) is 1. The van der Waals surface area contributed by atoms with Gasteiger partial charge in [-0.05, 0) is 19.0 Å². The van der Waals surface area contributed by atoms with Crippen molar-refractivity contribution in [3.63, 3.8) is 0 Å². The van der Waals surface area contributed by atoms with Crippen LogP contribution in [0.4, 0.5) is 0 Å². The van der Waals surface area contributed by atoms with Crippen LogP contribution in [0.2, 0.25) is 10.0 Å². The Hall–Kier alpha value is -0.810. The summed E-state index contributed by atoms with van der Waals surface area (Å²) in [5, 5.41) is 21.1. The molecule has 0 aliphatic carbocycles. The number of hydrogen-bond donors (Lipinski definition) is 3. The fourth-order valence-corrected chi connectivity index (χ4v) is 1.82. The number of rotatable bonds is 6. The van der Waals surface area contributed by atoms with Gasteiger partial charge in [-0.2, -0.15) is 0 Å². The van der Waals surface area contributed by atoms with Crippen LogP contribution in [0.5, 0.6) is 0 Å². The Morgan fingerprint density at radius 1 is 1.41 bits per heavy atom. The van der Waals surface area contributed by atoms with E-state index in [4.69, 9.17) is 33.4 Å². The van der Waals surface area contributed by atoms with Gasteiger partial charge in [0.25, 0.3) is 0 Å². The van der Waals surface area contributed by atoms with E-state index in [2.05, 4.69) is 5.32 Å². The van der Waals surface area contributed by atoms with Crippen LogP contribution in [-0.4, -0.2) is 29.3 Å². The highest BCUT2D eigenvalue weighted by Gasteiger charge is 2.22. The first-order valence-corrected chi connectivity index (χ1v) is 5.84. The lowest BCUT2D eigenvalue weighted by Gasteiger charge is -2.16. The van der Waals surface area contributed by atoms with Gasteiger partial charge in [0.1, 0.15) is 6.04 Å². The molecule has 1 rings (SSSR count). The standard InChI is InChI=1S/C11H13Cl2NO3/c12-8-4-1-3-7(9(8)13)10(11(16)17)14-5-2-6-15/h1,3-4,10,14-15H,2,5-6H2,(H,16,17). The quantitative estimate of drug-likeness (QED) is 0.697. The lowest BCUT2D eigenvalue weighted by atomic mass is 10.1. The van der Waals surface area contributed by atoms with Gasteiger partial charge in [0, 0.05) is 12.2 Å². The smallest absolute Gasteiger partial charge is 0.325 e. The average Bonchev–Trinajstić information content (AvgIpc) is 2.29. The zero-order valence-corrected chi connectivity index (χ0v) is 10.5. The van der Waals surface area contributed by atoms with Crippen LogP contribution >= 0.6 is 23.2 Å². The molecule has 1 atom stereocenters. The zero-order chi connectivity index (χ0) is 12.8. The second-order valence-electron chi connectivity index (χ2n) is 3.45. The summed E-state index contributed by atoms with van der Waals surface area (Å²) in [6, 6.07) is 3.93. The first-order chi connectivity index (χ1) is 8.07. The Balaban J connectivity index is 2.90. The van der Waals surface area contributed by atoms with Gasteiger partial charge in [0.05, 0.1) is 10.0 Å². The van der Waals surface area contributed by atoms with Gasteiger partial charge in [0.2, 0.25) is 0 Å². The molecule has 0 fully saturated rings. The van der Waals surface area contributed by atoms with Gasteiger partial charge in [-0.3, -0.25) is 4.79 Å². The Kier molecular flexibility index (Phi) is 5.71. The van der Waals surface area contributed by atoms with Gasteiger partial charge in [-0.25, -0.2) is 0 Å². The Morgan fingerprint density at radius 2 is 2.12 bits per heavy atom. The number of carboxylic acids is 1. The van der Waals surface area contributed by atoms with E-state index in [1.807, 2.05) is 0 Å². The van der Waals surface area contributed by atoms with Crippen LogP contribution in [0.3, 0.4) is 0 Å². The molecule has 0 spiro atoms. The molecule has 1 unspecified atom stereocenters. The van der Waals surface area contributed by atoms with Crippen molar-refractivity contribution in [3.05, 3.63) is 33.8 Å². The van der Waals surface area contributed by atoms with Gasteiger partial charge >= 0.3 is 5.97 Å². The van der Waals surface area contributed by atoms with Crippen molar-refractivity contribution in [2.45, 2.75) is 12.5 Å². The first kappa shape index (κ1) is 14.3. The molecule has 17 heavy (non-hydrogen) atoms. The lowest BCUT2D eigenvalue weighted by Crippen LogP contribution is -2.30. The van der Waals surface area contributed by atoms with Crippen molar-refractivity contribution >= 4 is 29.2 Å². The minimum Gasteiger partial charge on any atom is -0.480 e. The first-order valence-electron chi connectivity index (χ1n) is 5.09. The van der Waals surface area contributed by atoms with Crippen molar-refractivity contribution in [3.8, 4) is 0 Å². The molecular weight excluding hydrogens is 265 g/mol. The monoisotopic (exact) mass is 277 g/mol. The number of carbonyl (C=O) groups is 1. The summed E-state index contributed by atoms with van der Waals surface area (Å²) >= 11 is 11.8. The molecule has 1 aromatic rings. The van der Waals surface area contributed by atoms with E-state index in [1.54, 1.807) is 18.2 Å². The van der Waals surface area contributed by atoms with Gasteiger partial charge in [-0.1, -0.05) is 35.3 Å². The third-order valence-electron chi connectivity index (χ3n) is 2.22. The van der Waals surface area contributed by atoms with Crippen molar-refractivity contribution in [2.24, 2.45) is 0 Å². The highest BCUT2D eigenvalue weighted by Crippen LogP contribution is 2.30. The minimum absolute atomic E-state index is 0.00260. The maximum Gasteiger partial charge on any atom is 0.325 e. The molecule has 1 aromatic carbocycles. The van der Waals surface area contributed by atoms with Crippen LogP contribution < -0.4 is 5.32 Å². The molecule has 0 aliphatic heterocycles. The van der Waals surface area contributed by atoms with Crippen molar-refractivity contribution in [1.82, 2.24) is 5.32 Å². The summed E-state index contributed by atoms with van der Waals surface area (Å²) in [7, 11) is 0. The summed E-state index contributed by atoms with van der Waals surface area (Å²) in [4.78, 5) is 11.1. The topological polar surface area (TPSA) is 69.6 Å². The number of carboxylic acid groups (broad SMARTS) is 1. The molecule has 3 N–H and O–H groups in total. The molecule has 0 aromatic heterocycles. The van der Waals surface area contributed by atoms with Gasteiger partial charge in [0.15, 0.2) is 0 Å². The highest BCUT2D eigenvalue weighted by atomic mass is 35.5. The van der Waals surface area contributed by atoms with Gasteiger partial charge < -0.3 is 15.5 Å². The van der Waals surface area contributed by atoms with Crippen LogP contribution in [0.15, 0.2) is 18.2 Å². The second kappa shape index (κ2) is 6.81. The molecule has 4 nitrogen and oxygen atoms in total. The van der Waals surface area contributed by atoms with Crippen LogP contribution in [0.1, 0.15) is 18.0 Å². The predicted molar refractivity (Wildman–Crippen MR) is 66.5 cm³/mol. The summed E-state index contributed by atoms with van der Waals surface area (Å²) in [5.74, 6) is -1.04. The predicted octanol–water partition coefficient (Wildman–Crippen LogP) is 2.09. The maximum atomic E-state index is 11.1. The largest absolute Gasteiger partial charge is 0.480 e. The van der Waals surface area contributed by atoms with Crippen molar-refractivity contribution in [1.29, 1.82) is 0 Å². The summed E-state index contributed by atoms with van der Waals surface area (Å²) in [6.07, 6.45) is 0.474. The molecule has 0 amide bonds. The summed E-state index contributed by atoms with van der Waals surface area (Å²) in [6.45, 7) is 0.388. The van der Waals surface area contributed by atoms with E-state index in [0.717, 1.165) is 0 Å². The molecule has 0 saturated carbocycles. The van der Waals surface area contributed by atoms with E-state index >= 15 is 0 Å². The fraction of sp³-hybridized carbons (Fsp3) is 0.364. The number of aliphatic hydroxyl groups excluding tert-OH is 1. The zero-order valence-electron chi connectivity index (χ0n) is 8.99. The minimum atomic E-state index is -1.04. The number of benzene rings is 1. The van der Waals surface area contributed by atoms with Gasteiger partial charge in [-0.15, -0.1) is 0 Å². The molecule has 0 aliphatic rings. The normalized spacial score (nSPS) is 12.4. The number of aliphatic carboxylic acids is 1. The third-order valence-corrected chi connectivity index (χ3v) is 3.06. The molecular formula is C11H13Cl2NO3. The van der Waals surface area contributed by atoms with Crippen LogP contribution in [-0.2, 0) is 4.79 Å². The number of halogens is 2. The average molecular weight is 278 g/mol. The summed E-state index contributed by atoms with van der Waals surface area (Å²) in [5.41, 5.74) is 0.421. The van der Waals surface area contributed by atoms with E-state index in [1.165, 1.54) is 0 Å². The molecule has 6 heteroatoms. The van der Waals surface area contributed by atoms with E-state index < -0.39 is 12.0 Å². The molecule has 0 bridgehead atoms. The summed E-state index contributed by atoms with van der Waals surface area (Å²) < 4.78 is 0. The number of aliphatic hydroxyl groups is 1. The van der Waals surface area contributed by atoms with Crippen LogP contribution in [0.25, 0.3) is 0 Å². The molecule has 0 saturated heterocycles. The Bertz CT molecular complexity index is 398. The second-order valence-corrected chi connectivity index (χ2v) is 4.23. The fourth-order valence-electron chi connectivity index (χ4n) is 1.40. The van der Waals surface area contributed by atoms with Crippen molar-refractivity contribution < 1.29 is 15.0 Å². The highest BCUT2D eigenvalue weighted by molar-refractivity contribution is 6.42. The molecule has 94 valence electrons. The van der Waals surface area contributed by atoms with E-state index in [9.17, 15) is 4.79 Å².